The predicted octanol–water partition coefficient (Wildman–Crippen LogP) is 0.898. The average Bonchev–Trinajstić information content (AvgIpc) is 3.24. The van der Waals surface area contributed by atoms with E-state index in [0.717, 1.165) is 33.5 Å². The summed E-state index contributed by atoms with van der Waals surface area (Å²) < 4.78 is 69.0. The van der Waals surface area contributed by atoms with Crippen LogP contribution < -0.4 is 34.5 Å². The molecule has 0 saturated heterocycles. The molecule has 3 aromatic rings. The number of fused-ring (bicyclic) bond motifs is 4. The normalized spacial score (nSPS) is 15.5. The molecule has 0 atom stereocenters. The Hall–Kier alpha value is -3.85. The number of ether oxygens (including phenoxy) is 2. The van der Waals surface area contributed by atoms with Crippen molar-refractivity contribution >= 4 is 34.2 Å². The maximum atomic E-state index is 14.1. The Balaban J connectivity index is 1.48. The lowest BCUT2D eigenvalue weighted by Crippen LogP contribution is -2.43. The van der Waals surface area contributed by atoms with E-state index < -0.39 is 26.6 Å². The second-order valence-corrected chi connectivity index (χ2v) is 9.19. The molecule has 0 bridgehead atoms. The molecule has 3 aliphatic rings. The van der Waals surface area contributed by atoms with Crippen molar-refractivity contribution in [3.8, 4) is 17.2 Å². The van der Waals surface area contributed by atoms with E-state index in [4.69, 9.17) is 13.7 Å². The van der Waals surface area contributed by atoms with Crippen LogP contribution in [0.25, 0.3) is 24.0 Å². The van der Waals surface area contributed by atoms with E-state index >= 15 is 0 Å². The monoisotopic (exact) mass is 467 g/mol. The maximum absolute atomic E-state index is 14.1. The van der Waals surface area contributed by atoms with Crippen LogP contribution in [0.2, 0.25) is 0 Å². The zero-order valence-corrected chi connectivity index (χ0v) is 17.7. The van der Waals surface area contributed by atoms with E-state index in [1.54, 1.807) is 12.3 Å². The molecule has 9 heteroatoms. The lowest BCUT2D eigenvalue weighted by atomic mass is 10.0. The lowest BCUT2D eigenvalue weighted by molar-refractivity contribution is 0.174. The second kappa shape index (κ2) is 7.08. The van der Waals surface area contributed by atoms with Gasteiger partial charge in [0.1, 0.15) is 16.5 Å². The third-order valence-corrected chi connectivity index (χ3v) is 6.95. The van der Waals surface area contributed by atoms with Crippen LogP contribution >= 0.6 is 0 Å². The van der Waals surface area contributed by atoms with Gasteiger partial charge in [-0.2, -0.15) is 8.42 Å². The summed E-state index contributed by atoms with van der Waals surface area (Å²) in [5, 5.41) is 3.24. The van der Waals surface area contributed by atoms with Gasteiger partial charge in [0.25, 0.3) is 0 Å². The summed E-state index contributed by atoms with van der Waals surface area (Å²) in [4.78, 5) is 1.23. The van der Waals surface area contributed by atoms with Gasteiger partial charge in [-0.15, -0.1) is 0 Å². The molecule has 0 fully saturated rings. The molecule has 0 unspecified atom stereocenters. The molecule has 3 aromatic carbocycles. The minimum atomic E-state index is -4.52. The van der Waals surface area contributed by atoms with E-state index in [9.17, 15) is 17.2 Å². The fourth-order valence-electron chi connectivity index (χ4n) is 4.12. The smallest absolute Gasteiger partial charge is 0.342 e. The van der Waals surface area contributed by atoms with E-state index in [-0.39, 0.29) is 12.5 Å². The number of rotatable bonds is 3. The van der Waals surface area contributed by atoms with Gasteiger partial charge in [-0.05, 0) is 46.8 Å². The van der Waals surface area contributed by atoms with E-state index in [2.05, 4.69) is 0 Å². The van der Waals surface area contributed by atoms with Crippen LogP contribution in [0, 0.1) is 11.6 Å². The highest BCUT2D eigenvalue weighted by atomic mass is 32.2. The van der Waals surface area contributed by atoms with E-state index in [1.165, 1.54) is 6.07 Å². The Morgan fingerprint density at radius 2 is 1.79 bits per heavy atom. The van der Waals surface area contributed by atoms with Crippen molar-refractivity contribution in [2.45, 2.75) is 4.90 Å². The predicted molar refractivity (Wildman–Crippen MR) is 115 cm³/mol. The topological polar surface area (TPSA) is 65.1 Å². The maximum Gasteiger partial charge on any atom is 0.342 e. The van der Waals surface area contributed by atoms with Crippen LogP contribution in [-0.4, -0.2) is 26.7 Å². The van der Waals surface area contributed by atoms with Gasteiger partial charge < -0.3 is 18.6 Å². The van der Waals surface area contributed by atoms with Crippen LogP contribution in [0.4, 0.5) is 8.78 Å². The van der Waals surface area contributed by atoms with Gasteiger partial charge in [0.05, 0.1) is 0 Å². The number of hydrogen-bond acceptors (Lipinski definition) is 6. The first kappa shape index (κ1) is 19.8. The van der Waals surface area contributed by atoms with Crippen LogP contribution in [-0.2, 0) is 10.1 Å². The molecular formula is C24H15F2NO5S. The van der Waals surface area contributed by atoms with Crippen molar-refractivity contribution in [1.29, 1.82) is 0 Å². The summed E-state index contributed by atoms with van der Waals surface area (Å²) in [7, 11) is -4.52. The van der Waals surface area contributed by atoms with Crippen LogP contribution in [0.1, 0.15) is 0 Å². The average molecular weight is 467 g/mol. The molecule has 3 heterocycles. The van der Waals surface area contributed by atoms with Gasteiger partial charge in [0.15, 0.2) is 17.2 Å². The fraction of sp³-hybridized carbons (Fsp3) is 0.0833. The standard InChI is InChI=1S/C24H15F2NO5S/c25-16-4-5-24(19(26)10-16)33(28,29)32-21-3-1-2-14-8-20-17-11-23-22(30-13-31-23)9-15(17)6-7-27(20)12-18(14)21/h1-6,8-12H,7,13H2. The van der Waals surface area contributed by atoms with Crippen molar-refractivity contribution in [1.82, 2.24) is 4.90 Å². The van der Waals surface area contributed by atoms with Crippen molar-refractivity contribution in [3.05, 3.63) is 81.0 Å². The summed E-state index contributed by atoms with van der Waals surface area (Å²) in [6.07, 6.45) is 5.76. The molecule has 33 heavy (non-hydrogen) atoms. The highest BCUT2D eigenvalue weighted by molar-refractivity contribution is 7.87. The Kier molecular flexibility index (Phi) is 4.25. The molecule has 0 aliphatic carbocycles. The first-order chi connectivity index (χ1) is 15.9. The van der Waals surface area contributed by atoms with Crippen LogP contribution in [0.15, 0.2) is 53.4 Å². The van der Waals surface area contributed by atoms with Gasteiger partial charge in [-0.25, -0.2) is 8.78 Å². The molecule has 0 radical (unpaired) electrons. The SMILES string of the molecule is O=S(=O)(Oc1cccc2c1=CN1CC=c3cc4c(cc3=C1C=2)OCO4)c1ccc(F)cc1F. The molecule has 0 saturated carbocycles. The first-order valence-corrected chi connectivity index (χ1v) is 11.4. The molecule has 0 amide bonds. The molecule has 6 nitrogen and oxygen atoms in total. The van der Waals surface area contributed by atoms with Gasteiger partial charge >= 0.3 is 10.1 Å². The van der Waals surface area contributed by atoms with Crippen LogP contribution in [0.3, 0.4) is 0 Å². The molecule has 0 N–H and O–H groups in total. The van der Waals surface area contributed by atoms with Gasteiger partial charge in [0, 0.05) is 34.9 Å². The molecule has 6 rings (SSSR count). The summed E-state index contributed by atoms with van der Waals surface area (Å²) in [5.41, 5.74) is 0.919. The summed E-state index contributed by atoms with van der Waals surface area (Å²) in [6.45, 7) is 0.728. The minimum absolute atomic E-state index is 0.0445. The highest BCUT2D eigenvalue weighted by Crippen LogP contribution is 2.29. The number of halogens is 2. The first-order valence-electron chi connectivity index (χ1n) is 10.0. The number of nitrogens with zero attached hydrogens (tertiary/aromatic N) is 1. The molecule has 3 aliphatic heterocycles. The lowest BCUT2D eigenvalue weighted by Gasteiger charge is -2.26. The quantitative estimate of drug-likeness (QED) is 0.534. The summed E-state index contributed by atoms with van der Waals surface area (Å²) in [5.74, 6) is -0.679. The highest BCUT2D eigenvalue weighted by Gasteiger charge is 2.24. The fourth-order valence-corrected chi connectivity index (χ4v) is 5.13. The summed E-state index contributed by atoms with van der Waals surface area (Å²) in [6, 6.07) is 11.1. The van der Waals surface area contributed by atoms with Crippen molar-refractivity contribution < 1.29 is 30.9 Å². The summed E-state index contributed by atoms with van der Waals surface area (Å²) >= 11 is 0. The van der Waals surface area contributed by atoms with E-state index in [1.807, 2.05) is 35.3 Å². The Bertz CT molecular complexity index is 1700. The van der Waals surface area contributed by atoms with Crippen molar-refractivity contribution in [2.24, 2.45) is 0 Å². The molecular weight excluding hydrogens is 452 g/mol. The van der Waals surface area contributed by atoms with Crippen molar-refractivity contribution in [3.63, 3.8) is 0 Å². The minimum Gasteiger partial charge on any atom is -0.454 e. The Labute approximate surface area is 186 Å². The third kappa shape index (κ3) is 3.23. The largest absolute Gasteiger partial charge is 0.454 e. The number of hydrogen-bond donors (Lipinski definition) is 0. The Morgan fingerprint density at radius 1 is 0.970 bits per heavy atom. The van der Waals surface area contributed by atoms with Gasteiger partial charge in [-0.1, -0.05) is 18.2 Å². The third-order valence-electron chi connectivity index (χ3n) is 5.68. The molecule has 0 spiro atoms. The molecule has 166 valence electrons. The zero-order valence-electron chi connectivity index (χ0n) is 16.9. The molecule has 0 aromatic heterocycles. The Morgan fingerprint density at radius 3 is 2.61 bits per heavy atom. The van der Waals surface area contributed by atoms with E-state index in [0.29, 0.717) is 29.3 Å². The van der Waals surface area contributed by atoms with Crippen molar-refractivity contribution in [2.75, 3.05) is 13.3 Å². The van der Waals surface area contributed by atoms with Crippen LogP contribution in [0.5, 0.6) is 17.2 Å². The number of benzene rings is 3. The second-order valence-electron chi connectivity index (χ2n) is 7.68. The zero-order chi connectivity index (χ0) is 22.7. The van der Waals surface area contributed by atoms with Gasteiger partial charge in [0.2, 0.25) is 6.79 Å². The van der Waals surface area contributed by atoms with Gasteiger partial charge in [-0.3, -0.25) is 0 Å².